The van der Waals surface area contributed by atoms with Crippen molar-refractivity contribution < 1.29 is 14.6 Å². The molecule has 0 unspecified atom stereocenters. The van der Waals surface area contributed by atoms with Gasteiger partial charge in [0.2, 0.25) is 0 Å². The van der Waals surface area contributed by atoms with Gasteiger partial charge in [-0.2, -0.15) is 0 Å². The van der Waals surface area contributed by atoms with Crippen LogP contribution in [0.15, 0.2) is 18.2 Å². The van der Waals surface area contributed by atoms with Crippen LogP contribution < -0.4 is 14.8 Å². The maximum atomic E-state index is 8.72. The minimum atomic E-state index is 0.218. The van der Waals surface area contributed by atoms with Crippen LogP contribution in [-0.4, -0.2) is 32.0 Å². The predicted octanol–water partition coefficient (Wildman–Crippen LogP) is 1.96. The molecule has 1 aromatic rings. The van der Waals surface area contributed by atoms with Gasteiger partial charge in [0.05, 0.1) is 13.7 Å². The van der Waals surface area contributed by atoms with E-state index in [2.05, 4.69) is 12.2 Å². The molecular formula is C14H23NO3. The van der Waals surface area contributed by atoms with Gasteiger partial charge in [0, 0.05) is 18.7 Å². The normalized spacial score (nSPS) is 10.4. The van der Waals surface area contributed by atoms with E-state index in [0.29, 0.717) is 6.61 Å². The molecule has 4 heteroatoms. The van der Waals surface area contributed by atoms with Crippen LogP contribution in [0.4, 0.5) is 0 Å². The lowest BCUT2D eigenvalue weighted by Crippen LogP contribution is -2.13. The van der Waals surface area contributed by atoms with Crippen molar-refractivity contribution >= 4 is 0 Å². The predicted molar refractivity (Wildman–Crippen MR) is 72.2 cm³/mol. The summed E-state index contributed by atoms with van der Waals surface area (Å²) < 4.78 is 10.9. The van der Waals surface area contributed by atoms with E-state index in [1.54, 1.807) is 7.11 Å². The molecule has 0 saturated heterocycles. The third-order valence-corrected chi connectivity index (χ3v) is 2.64. The molecule has 0 heterocycles. The topological polar surface area (TPSA) is 50.7 Å². The summed E-state index contributed by atoms with van der Waals surface area (Å²) in [5.74, 6) is 1.72. The minimum Gasteiger partial charge on any atom is -0.497 e. The van der Waals surface area contributed by atoms with Crippen LogP contribution >= 0.6 is 0 Å². The first-order valence-corrected chi connectivity index (χ1v) is 6.43. The van der Waals surface area contributed by atoms with E-state index < -0.39 is 0 Å². The Morgan fingerprint density at radius 1 is 1.28 bits per heavy atom. The van der Waals surface area contributed by atoms with E-state index in [1.165, 1.54) is 0 Å². The van der Waals surface area contributed by atoms with Gasteiger partial charge >= 0.3 is 0 Å². The number of benzene rings is 1. The average molecular weight is 253 g/mol. The average Bonchev–Trinajstić information content (AvgIpc) is 2.42. The summed E-state index contributed by atoms with van der Waals surface area (Å²) in [5, 5.41) is 12.0. The van der Waals surface area contributed by atoms with E-state index >= 15 is 0 Å². The number of ether oxygens (including phenoxy) is 2. The van der Waals surface area contributed by atoms with Gasteiger partial charge in [0.1, 0.15) is 11.5 Å². The maximum Gasteiger partial charge on any atom is 0.124 e. The summed E-state index contributed by atoms with van der Waals surface area (Å²) in [6.07, 6.45) is 1.64. The Bertz CT molecular complexity index is 342. The number of methoxy groups -OCH3 is 1. The van der Waals surface area contributed by atoms with Crippen molar-refractivity contribution in [2.24, 2.45) is 0 Å². The van der Waals surface area contributed by atoms with Crippen molar-refractivity contribution in [2.45, 2.75) is 26.3 Å². The van der Waals surface area contributed by atoms with Crippen molar-refractivity contribution in [3.63, 3.8) is 0 Å². The summed E-state index contributed by atoms with van der Waals surface area (Å²) in [7, 11) is 1.66. The van der Waals surface area contributed by atoms with Gasteiger partial charge in [-0.3, -0.25) is 0 Å². The highest BCUT2D eigenvalue weighted by atomic mass is 16.5. The van der Waals surface area contributed by atoms with Gasteiger partial charge in [0.25, 0.3) is 0 Å². The zero-order valence-corrected chi connectivity index (χ0v) is 11.2. The van der Waals surface area contributed by atoms with Crippen LogP contribution in [0.3, 0.4) is 0 Å². The summed E-state index contributed by atoms with van der Waals surface area (Å²) in [6.45, 7) is 4.61. The molecular weight excluding hydrogens is 230 g/mol. The number of nitrogens with one attached hydrogen (secondary N) is 1. The summed E-state index contributed by atoms with van der Waals surface area (Å²) >= 11 is 0. The summed E-state index contributed by atoms with van der Waals surface area (Å²) in [4.78, 5) is 0. The Morgan fingerprint density at radius 2 is 2.11 bits per heavy atom. The van der Waals surface area contributed by atoms with Crippen LogP contribution in [0.25, 0.3) is 0 Å². The molecule has 0 spiro atoms. The highest BCUT2D eigenvalue weighted by Gasteiger charge is 2.05. The summed E-state index contributed by atoms with van der Waals surface area (Å²) in [6, 6.07) is 5.82. The number of rotatable bonds is 9. The Labute approximate surface area is 109 Å². The first-order valence-electron chi connectivity index (χ1n) is 6.43. The quantitative estimate of drug-likeness (QED) is 0.661. The zero-order chi connectivity index (χ0) is 13.2. The zero-order valence-electron chi connectivity index (χ0n) is 11.2. The lowest BCUT2D eigenvalue weighted by atomic mass is 10.2. The van der Waals surface area contributed by atoms with Crippen molar-refractivity contribution in [3.05, 3.63) is 23.8 Å². The number of aliphatic hydroxyl groups excluding tert-OH is 1. The molecule has 18 heavy (non-hydrogen) atoms. The van der Waals surface area contributed by atoms with E-state index in [9.17, 15) is 0 Å². The van der Waals surface area contributed by atoms with Crippen molar-refractivity contribution in [2.75, 3.05) is 26.9 Å². The fourth-order valence-electron chi connectivity index (χ4n) is 1.62. The molecule has 1 aromatic carbocycles. The van der Waals surface area contributed by atoms with Crippen LogP contribution in [-0.2, 0) is 6.54 Å². The number of unbranched alkanes of at least 4 members (excludes halogenated alkanes) is 1. The van der Waals surface area contributed by atoms with E-state index in [-0.39, 0.29) is 6.61 Å². The summed E-state index contributed by atoms with van der Waals surface area (Å²) in [5.41, 5.74) is 1.10. The molecule has 0 aliphatic carbocycles. The van der Waals surface area contributed by atoms with Crippen LogP contribution in [0.5, 0.6) is 11.5 Å². The standard InChI is InChI=1S/C14H23NO3/c1-3-15-11-12-10-13(17-2)6-7-14(12)18-9-5-4-8-16/h6-7,10,15-16H,3-5,8-9,11H2,1-2H3. The van der Waals surface area contributed by atoms with Gasteiger partial charge in [-0.15, -0.1) is 0 Å². The Morgan fingerprint density at radius 3 is 2.78 bits per heavy atom. The molecule has 0 atom stereocenters. The Hall–Kier alpha value is -1.26. The first-order chi connectivity index (χ1) is 8.81. The SMILES string of the molecule is CCNCc1cc(OC)ccc1OCCCCO. The molecule has 2 N–H and O–H groups in total. The van der Waals surface area contributed by atoms with Crippen molar-refractivity contribution in [1.82, 2.24) is 5.32 Å². The van der Waals surface area contributed by atoms with Crippen LogP contribution in [0, 0.1) is 0 Å². The Balaban J connectivity index is 2.62. The molecule has 0 saturated carbocycles. The molecule has 0 aliphatic rings. The highest BCUT2D eigenvalue weighted by molar-refractivity contribution is 5.40. The van der Waals surface area contributed by atoms with Crippen molar-refractivity contribution in [3.8, 4) is 11.5 Å². The molecule has 1 rings (SSSR count). The highest BCUT2D eigenvalue weighted by Crippen LogP contribution is 2.24. The third kappa shape index (κ3) is 4.94. The third-order valence-electron chi connectivity index (χ3n) is 2.64. The molecule has 0 aromatic heterocycles. The van der Waals surface area contributed by atoms with Gasteiger partial charge in [0.15, 0.2) is 0 Å². The second-order valence-electron chi connectivity index (χ2n) is 4.03. The molecule has 0 aliphatic heterocycles. The maximum absolute atomic E-state index is 8.72. The first kappa shape index (κ1) is 14.8. The van der Waals surface area contributed by atoms with Crippen LogP contribution in [0.2, 0.25) is 0 Å². The fourth-order valence-corrected chi connectivity index (χ4v) is 1.62. The molecule has 0 amide bonds. The van der Waals surface area contributed by atoms with Gasteiger partial charge in [-0.05, 0) is 37.6 Å². The molecule has 0 fully saturated rings. The second-order valence-corrected chi connectivity index (χ2v) is 4.03. The smallest absolute Gasteiger partial charge is 0.124 e. The number of hydrogen-bond acceptors (Lipinski definition) is 4. The number of aliphatic hydroxyl groups is 1. The number of hydrogen-bond donors (Lipinski definition) is 2. The fraction of sp³-hybridized carbons (Fsp3) is 0.571. The van der Waals surface area contributed by atoms with Gasteiger partial charge < -0.3 is 19.9 Å². The molecule has 4 nitrogen and oxygen atoms in total. The largest absolute Gasteiger partial charge is 0.497 e. The molecule has 0 bridgehead atoms. The lowest BCUT2D eigenvalue weighted by molar-refractivity contribution is 0.252. The van der Waals surface area contributed by atoms with Crippen LogP contribution in [0.1, 0.15) is 25.3 Å². The monoisotopic (exact) mass is 253 g/mol. The lowest BCUT2D eigenvalue weighted by Gasteiger charge is -2.13. The minimum absolute atomic E-state index is 0.218. The van der Waals surface area contributed by atoms with Crippen molar-refractivity contribution in [1.29, 1.82) is 0 Å². The Kier molecular flexibility index (Phi) is 7.22. The molecule has 0 radical (unpaired) electrons. The van der Waals surface area contributed by atoms with E-state index in [1.807, 2.05) is 18.2 Å². The van der Waals surface area contributed by atoms with Gasteiger partial charge in [-0.1, -0.05) is 6.92 Å². The second kappa shape index (κ2) is 8.78. The van der Waals surface area contributed by atoms with E-state index in [0.717, 1.165) is 43.0 Å². The van der Waals surface area contributed by atoms with E-state index in [4.69, 9.17) is 14.6 Å². The van der Waals surface area contributed by atoms with Gasteiger partial charge in [-0.25, -0.2) is 0 Å². The molecule has 102 valence electrons.